The van der Waals surface area contributed by atoms with Crippen LogP contribution in [0, 0.1) is 0 Å². The van der Waals surface area contributed by atoms with Crippen molar-refractivity contribution in [3.8, 4) is 5.75 Å². The van der Waals surface area contributed by atoms with Crippen LogP contribution in [0.1, 0.15) is 29.5 Å². The summed E-state index contributed by atoms with van der Waals surface area (Å²) in [5.74, 6) is 1.13. The molecule has 2 aliphatic rings. The third kappa shape index (κ3) is 4.05. The van der Waals surface area contributed by atoms with Gasteiger partial charge in [-0.1, -0.05) is 54.6 Å². The second-order valence-corrected chi connectivity index (χ2v) is 8.74. The fourth-order valence-electron chi connectivity index (χ4n) is 5.25. The molecule has 1 fully saturated rings. The Labute approximate surface area is 184 Å². The third-order valence-corrected chi connectivity index (χ3v) is 7.00. The number of hydrogen-bond acceptors (Lipinski definition) is 3. The summed E-state index contributed by atoms with van der Waals surface area (Å²) in [5.41, 5.74) is 4.06. The van der Waals surface area contributed by atoms with Crippen LogP contribution in [0.4, 0.5) is 0 Å². The molecule has 160 valence electrons. The molecule has 3 aromatic rings. The highest BCUT2D eigenvalue weighted by Gasteiger charge is 2.31. The molecule has 2 heterocycles. The van der Waals surface area contributed by atoms with Crippen LogP contribution in [-0.4, -0.2) is 48.5 Å². The second kappa shape index (κ2) is 8.72. The van der Waals surface area contributed by atoms with E-state index in [1.165, 1.54) is 21.9 Å². The summed E-state index contributed by atoms with van der Waals surface area (Å²) in [6.07, 6.45) is 3.43. The number of likely N-dealkylation sites (tertiary alicyclic amines) is 1. The number of nitrogens with zero attached hydrogens (tertiary/aromatic N) is 2. The first-order valence-corrected chi connectivity index (χ1v) is 11.4. The maximum absolute atomic E-state index is 13.0. The zero-order valence-electron chi connectivity index (χ0n) is 18.2. The predicted octanol–water partition coefficient (Wildman–Crippen LogP) is 4.44. The number of amides is 1. The van der Waals surface area contributed by atoms with Crippen molar-refractivity contribution in [2.24, 2.45) is 0 Å². The van der Waals surface area contributed by atoms with Gasteiger partial charge in [-0.3, -0.25) is 9.69 Å². The van der Waals surface area contributed by atoms with Gasteiger partial charge in [0.25, 0.3) is 0 Å². The fourth-order valence-corrected chi connectivity index (χ4v) is 5.25. The van der Waals surface area contributed by atoms with Crippen LogP contribution in [0.2, 0.25) is 0 Å². The first kappa shape index (κ1) is 20.1. The van der Waals surface area contributed by atoms with E-state index in [4.69, 9.17) is 4.74 Å². The van der Waals surface area contributed by atoms with Gasteiger partial charge in [0.2, 0.25) is 5.91 Å². The number of carbonyl (C=O) groups is 1. The van der Waals surface area contributed by atoms with E-state index in [0.29, 0.717) is 18.9 Å². The van der Waals surface area contributed by atoms with Crippen molar-refractivity contribution in [1.82, 2.24) is 9.80 Å². The number of rotatable bonds is 5. The Balaban J connectivity index is 1.22. The van der Waals surface area contributed by atoms with Crippen LogP contribution in [-0.2, 0) is 24.2 Å². The summed E-state index contributed by atoms with van der Waals surface area (Å²) in [6.45, 7) is 3.83. The second-order valence-electron chi connectivity index (χ2n) is 8.74. The van der Waals surface area contributed by atoms with Crippen LogP contribution in [0.3, 0.4) is 0 Å². The third-order valence-electron chi connectivity index (χ3n) is 7.00. The van der Waals surface area contributed by atoms with Crippen molar-refractivity contribution in [3.63, 3.8) is 0 Å². The van der Waals surface area contributed by atoms with Crippen molar-refractivity contribution < 1.29 is 9.53 Å². The average Bonchev–Trinajstić information content (AvgIpc) is 3.32. The molecule has 1 saturated heterocycles. The quantitative estimate of drug-likeness (QED) is 0.619. The molecular weight excluding hydrogens is 384 g/mol. The van der Waals surface area contributed by atoms with Crippen LogP contribution >= 0.6 is 0 Å². The molecule has 0 aliphatic carbocycles. The van der Waals surface area contributed by atoms with E-state index in [2.05, 4.69) is 58.3 Å². The molecule has 31 heavy (non-hydrogen) atoms. The molecule has 0 saturated carbocycles. The van der Waals surface area contributed by atoms with Crippen molar-refractivity contribution >= 4 is 16.7 Å². The number of ether oxygens (including phenoxy) is 1. The number of aryl methyl sites for hydroxylation is 1. The summed E-state index contributed by atoms with van der Waals surface area (Å²) in [6, 6.07) is 21.7. The molecular formula is C27H30N2O2. The zero-order chi connectivity index (χ0) is 21.2. The summed E-state index contributed by atoms with van der Waals surface area (Å²) in [5, 5.41) is 2.37. The van der Waals surface area contributed by atoms with E-state index in [-0.39, 0.29) is 5.91 Å². The topological polar surface area (TPSA) is 32.8 Å². The highest BCUT2D eigenvalue weighted by Crippen LogP contribution is 2.30. The lowest BCUT2D eigenvalue weighted by Crippen LogP contribution is -2.41. The average molecular weight is 415 g/mol. The standard InChI is InChI=1S/C27H30N2O2/c1-31-26-12-10-21-7-4-5-9-24(21)25(26)11-13-27(30)29-17-15-23(19-29)28-16-14-20-6-2-3-8-22(20)18-28/h2-10,12,23H,11,13-19H2,1H3/t23-/m0/s1. The van der Waals surface area contributed by atoms with Gasteiger partial charge in [-0.2, -0.15) is 0 Å². The largest absolute Gasteiger partial charge is 0.496 e. The van der Waals surface area contributed by atoms with Gasteiger partial charge in [-0.05, 0) is 47.2 Å². The molecule has 4 heteroatoms. The lowest BCUT2D eigenvalue weighted by Gasteiger charge is -2.33. The van der Waals surface area contributed by atoms with Crippen molar-refractivity contribution in [3.05, 3.63) is 77.4 Å². The summed E-state index contributed by atoms with van der Waals surface area (Å²) in [7, 11) is 1.71. The first-order valence-electron chi connectivity index (χ1n) is 11.4. The van der Waals surface area contributed by atoms with Gasteiger partial charge in [0.15, 0.2) is 0 Å². The Morgan fingerprint density at radius 2 is 1.81 bits per heavy atom. The SMILES string of the molecule is COc1ccc2ccccc2c1CCC(=O)N1CC[C@H](N2CCc3ccccc3C2)C1. The van der Waals surface area contributed by atoms with Gasteiger partial charge in [-0.15, -0.1) is 0 Å². The highest BCUT2D eigenvalue weighted by atomic mass is 16.5. The lowest BCUT2D eigenvalue weighted by molar-refractivity contribution is -0.130. The molecule has 2 aliphatic heterocycles. The Bertz CT molecular complexity index is 1090. The molecule has 1 atom stereocenters. The minimum Gasteiger partial charge on any atom is -0.496 e. The predicted molar refractivity (Wildman–Crippen MR) is 124 cm³/mol. The molecule has 0 bridgehead atoms. The van der Waals surface area contributed by atoms with E-state index in [1.807, 2.05) is 12.1 Å². The Hall–Kier alpha value is -2.85. The van der Waals surface area contributed by atoms with Gasteiger partial charge in [0.1, 0.15) is 5.75 Å². The maximum Gasteiger partial charge on any atom is 0.222 e. The summed E-state index contributed by atoms with van der Waals surface area (Å²) >= 11 is 0. The van der Waals surface area contributed by atoms with E-state index in [0.717, 1.165) is 50.3 Å². The Kier molecular flexibility index (Phi) is 5.65. The number of benzene rings is 3. The smallest absolute Gasteiger partial charge is 0.222 e. The van der Waals surface area contributed by atoms with E-state index < -0.39 is 0 Å². The summed E-state index contributed by atoms with van der Waals surface area (Å²) in [4.78, 5) is 17.7. The zero-order valence-corrected chi connectivity index (χ0v) is 18.2. The molecule has 0 aromatic heterocycles. The van der Waals surface area contributed by atoms with E-state index in [9.17, 15) is 4.79 Å². The van der Waals surface area contributed by atoms with Gasteiger partial charge in [0.05, 0.1) is 7.11 Å². The van der Waals surface area contributed by atoms with E-state index in [1.54, 1.807) is 7.11 Å². The van der Waals surface area contributed by atoms with Crippen molar-refractivity contribution in [2.45, 2.75) is 38.3 Å². The number of carbonyl (C=O) groups excluding carboxylic acids is 1. The van der Waals surface area contributed by atoms with Crippen LogP contribution in [0.15, 0.2) is 60.7 Å². The minimum absolute atomic E-state index is 0.259. The monoisotopic (exact) mass is 414 g/mol. The number of methoxy groups -OCH3 is 1. The lowest BCUT2D eigenvalue weighted by atomic mass is 9.98. The fraction of sp³-hybridized carbons (Fsp3) is 0.370. The summed E-state index contributed by atoms with van der Waals surface area (Å²) < 4.78 is 5.60. The van der Waals surface area contributed by atoms with Gasteiger partial charge >= 0.3 is 0 Å². The van der Waals surface area contributed by atoms with Gasteiger partial charge < -0.3 is 9.64 Å². The van der Waals surface area contributed by atoms with Crippen LogP contribution < -0.4 is 4.74 Å². The van der Waals surface area contributed by atoms with Gasteiger partial charge in [-0.25, -0.2) is 0 Å². The first-order chi connectivity index (χ1) is 15.2. The normalized spacial score (nSPS) is 18.9. The van der Waals surface area contributed by atoms with Crippen LogP contribution in [0.25, 0.3) is 10.8 Å². The molecule has 0 radical (unpaired) electrons. The molecule has 5 rings (SSSR count). The van der Waals surface area contributed by atoms with Crippen molar-refractivity contribution in [1.29, 1.82) is 0 Å². The molecule has 1 amide bonds. The number of hydrogen-bond donors (Lipinski definition) is 0. The molecule has 0 N–H and O–H groups in total. The minimum atomic E-state index is 0.259. The number of fused-ring (bicyclic) bond motifs is 2. The highest BCUT2D eigenvalue weighted by molar-refractivity contribution is 5.88. The van der Waals surface area contributed by atoms with Crippen molar-refractivity contribution in [2.75, 3.05) is 26.7 Å². The van der Waals surface area contributed by atoms with Gasteiger partial charge in [0, 0.05) is 44.2 Å². The van der Waals surface area contributed by atoms with E-state index >= 15 is 0 Å². The molecule has 3 aromatic carbocycles. The maximum atomic E-state index is 13.0. The molecule has 0 unspecified atom stereocenters. The van der Waals surface area contributed by atoms with Crippen LogP contribution in [0.5, 0.6) is 5.75 Å². The Morgan fingerprint density at radius 1 is 1.00 bits per heavy atom. The Morgan fingerprint density at radius 3 is 2.68 bits per heavy atom. The molecule has 0 spiro atoms. The molecule has 4 nitrogen and oxygen atoms in total.